The molecule has 0 fully saturated rings. The van der Waals surface area contributed by atoms with Crippen LogP contribution in [0.4, 0.5) is 0 Å². The molecule has 1 heterocycles. The van der Waals surface area contributed by atoms with Crippen molar-refractivity contribution in [2.45, 2.75) is 32.9 Å². The highest BCUT2D eigenvalue weighted by molar-refractivity contribution is 6.43. The number of aryl methyl sites for hydroxylation is 1. The lowest BCUT2D eigenvalue weighted by molar-refractivity contribution is -0.110. The summed E-state index contributed by atoms with van der Waals surface area (Å²) in [6.07, 6.45) is 1.72. The molecule has 2 rings (SSSR count). The molecule has 0 saturated carbocycles. The van der Waals surface area contributed by atoms with Gasteiger partial charge in [-0.05, 0) is 39.0 Å². The third-order valence-electron chi connectivity index (χ3n) is 3.95. The first-order valence-electron chi connectivity index (χ1n) is 8.98. The average Bonchev–Trinajstić information content (AvgIpc) is 3.03. The van der Waals surface area contributed by atoms with Gasteiger partial charge in [-0.3, -0.25) is 9.79 Å². The molecular formula is C20H24ClN3O5. The Kier molecular flexibility index (Phi) is 7.81. The Morgan fingerprint density at radius 1 is 1.45 bits per heavy atom. The van der Waals surface area contributed by atoms with E-state index in [1.807, 2.05) is 13.8 Å². The number of amides is 1. The van der Waals surface area contributed by atoms with E-state index in [0.29, 0.717) is 39.5 Å². The summed E-state index contributed by atoms with van der Waals surface area (Å²) in [5, 5.41) is 12.4. The maximum atomic E-state index is 12.6. The number of halogens is 1. The van der Waals surface area contributed by atoms with Gasteiger partial charge >= 0.3 is 0 Å². The number of aliphatic hydroxyl groups is 1. The van der Waals surface area contributed by atoms with Crippen molar-refractivity contribution in [3.05, 3.63) is 40.8 Å². The van der Waals surface area contributed by atoms with Crippen LogP contribution in [0.2, 0.25) is 0 Å². The van der Waals surface area contributed by atoms with Crippen LogP contribution in [-0.2, 0) is 4.79 Å². The highest BCUT2D eigenvalue weighted by atomic mass is 35.5. The minimum Gasteiger partial charge on any atom is -0.487 e. The molecule has 8 nitrogen and oxygen atoms in total. The normalized spacial score (nSPS) is 13.6. The van der Waals surface area contributed by atoms with E-state index in [9.17, 15) is 9.59 Å². The largest absolute Gasteiger partial charge is 0.487 e. The van der Waals surface area contributed by atoms with Crippen molar-refractivity contribution >= 4 is 40.5 Å². The molecule has 0 spiro atoms. The van der Waals surface area contributed by atoms with Gasteiger partial charge in [0.05, 0.1) is 22.9 Å². The zero-order valence-electron chi connectivity index (χ0n) is 16.4. The van der Waals surface area contributed by atoms with Gasteiger partial charge in [-0.15, -0.1) is 0 Å². The van der Waals surface area contributed by atoms with Crippen molar-refractivity contribution in [3.8, 4) is 5.75 Å². The minimum absolute atomic E-state index is 0.00823. The van der Waals surface area contributed by atoms with Crippen LogP contribution in [0.3, 0.4) is 0 Å². The zero-order chi connectivity index (χ0) is 21.6. The fourth-order valence-electron chi connectivity index (χ4n) is 2.66. The molecule has 0 aliphatic heterocycles. The quantitative estimate of drug-likeness (QED) is 0.421. The standard InChI is InChI=1S/C20H24ClN3O5/c1-11(2)23-17(16(21)7-22)10-28-14-4-5-18-15(6-14)19(12(3)29-18)20(27)24-13(8-25)9-26/h4-8,11,13,26H,9-10,22H2,1-3H3,(H,24,27)/b16-7+,23-17?. The number of nitrogens with zero attached hydrogens (tertiary/aromatic N) is 1. The number of benzene rings is 1. The molecule has 4 N–H and O–H groups in total. The van der Waals surface area contributed by atoms with Crippen LogP contribution in [0.1, 0.15) is 30.0 Å². The third-order valence-corrected chi connectivity index (χ3v) is 4.30. The predicted molar refractivity (Wildman–Crippen MR) is 112 cm³/mol. The van der Waals surface area contributed by atoms with Crippen LogP contribution >= 0.6 is 11.6 Å². The molecule has 2 aromatic rings. The van der Waals surface area contributed by atoms with Crippen molar-refractivity contribution in [1.29, 1.82) is 0 Å². The number of hydrogen-bond donors (Lipinski definition) is 3. The van der Waals surface area contributed by atoms with Crippen molar-refractivity contribution in [1.82, 2.24) is 5.32 Å². The lowest BCUT2D eigenvalue weighted by atomic mass is 10.1. The summed E-state index contributed by atoms with van der Waals surface area (Å²) in [6.45, 7) is 5.05. The van der Waals surface area contributed by atoms with Crippen LogP contribution in [0, 0.1) is 6.92 Å². The van der Waals surface area contributed by atoms with Gasteiger partial charge in [-0.25, -0.2) is 0 Å². The molecule has 1 aromatic heterocycles. The Bertz CT molecular complexity index is 949. The molecule has 0 aliphatic rings. The van der Waals surface area contributed by atoms with Gasteiger partial charge in [0.1, 0.15) is 36.0 Å². The van der Waals surface area contributed by atoms with E-state index < -0.39 is 18.6 Å². The van der Waals surface area contributed by atoms with E-state index >= 15 is 0 Å². The Labute approximate surface area is 173 Å². The number of fused-ring (bicyclic) bond motifs is 1. The molecule has 29 heavy (non-hydrogen) atoms. The topological polar surface area (TPSA) is 127 Å². The Hall–Kier alpha value is -2.84. The van der Waals surface area contributed by atoms with E-state index in [1.54, 1.807) is 25.1 Å². The number of nitrogens with one attached hydrogen (secondary N) is 1. The van der Waals surface area contributed by atoms with E-state index in [1.165, 1.54) is 6.20 Å². The molecule has 0 bridgehead atoms. The summed E-state index contributed by atoms with van der Waals surface area (Å²) >= 11 is 6.09. The maximum Gasteiger partial charge on any atom is 0.256 e. The molecule has 9 heteroatoms. The van der Waals surface area contributed by atoms with Crippen molar-refractivity contribution in [3.63, 3.8) is 0 Å². The van der Waals surface area contributed by atoms with E-state index in [-0.39, 0.29) is 18.2 Å². The molecular weight excluding hydrogens is 398 g/mol. The van der Waals surface area contributed by atoms with Gasteiger partial charge < -0.3 is 30.1 Å². The van der Waals surface area contributed by atoms with Gasteiger partial charge in [0, 0.05) is 17.6 Å². The van der Waals surface area contributed by atoms with Gasteiger partial charge in [0.25, 0.3) is 5.91 Å². The molecule has 1 amide bonds. The van der Waals surface area contributed by atoms with Crippen molar-refractivity contribution in [2.24, 2.45) is 10.7 Å². The number of aliphatic hydroxyl groups excluding tert-OH is 1. The van der Waals surface area contributed by atoms with Gasteiger partial charge in [0.15, 0.2) is 0 Å². The summed E-state index contributed by atoms with van der Waals surface area (Å²) in [4.78, 5) is 27.8. The summed E-state index contributed by atoms with van der Waals surface area (Å²) < 4.78 is 11.4. The number of nitrogens with two attached hydrogens (primary N) is 1. The highest BCUT2D eigenvalue weighted by Gasteiger charge is 2.21. The predicted octanol–water partition coefficient (Wildman–Crippen LogP) is 2.30. The maximum absolute atomic E-state index is 12.6. The minimum atomic E-state index is -0.994. The molecule has 0 radical (unpaired) electrons. The van der Waals surface area contributed by atoms with Crippen LogP contribution in [0.25, 0.3) is 11.0 Å². The van der Waals surface area contributed by atoms with Crippen LogP contribution in [0.15, 0.2) is 38.8 Å². The first-order chi connectivity index (χ1) is 13.8. The van der Waals surface area contributed by atoms with E-state index in [0.717, 1.165) is 0 Å². The number of hydrogen-bond acceptors (Lipinski definition) is 7. The number of furan rings is 1. The fraction of sp³-hybridized carbons (Fsp3) is 0.350. The number of carbonyl (C=O) groups is 2. The lowest BCUT2D eigenvalue weighted by Gasteiger charge is -2.11. The van der Waals surface area contributed by atoms with E-state index in [4.69, 9.17) is 31.6 Å². The SMILES string of the molecule is Cc1oc2ccc(OCC(=NC(C)C)/C(Cl)=C\N)cc2c1C(=O)NC(C=O)CO. The van der Waals surface area contributed by atoms with Crippen molar-refractivity contribution < 1.29 is 23.8 Å². The molecule has 1 aromatic carbocycles. The van der Waals surface area contributed by atoms with Gasteiger partial charge in [-0.2, -0.15) is 0 Å². The van der Waals surface area contributed by atoms with Crippen LogP contribution in [0.5, 0.6) is 5.75 Å². The number of rotatable bonds is 9. The van der Waals surface area contributed by atoms with Crippen molar-refractivity contribution in [2.75, 3.05) is 13.2 Å². The monoisotopic (exact) mass is 421 g/mol. The first kappa shape index (κ1) is 22.4. The number of ether oxygens (including phenoxy) is 1. The van der Waals surface area contributed by atoms with Crippen LogP contribution < -0.4 is 15.8 Å². The summed E-state index contributed by atoms with van der Waals surface area (Å²) in [5.41, 5.74) is 6.74. The lowest BCUT2D eigenvalue weighted by Crippen LogP contribution is -2.38. The molecule has 1 unspecified atom stereocenters. The second kappa shape index (κ2) is 10.1. The van der Waals surface area contributed by atoms with Gasteiger partial charge in [0.2, 0.25) is 0 Å². The summed E-state index contributed by atoms with van der Waals surface area (Å²) in [6, 6.07) is 4.04. The zero-order valence-corrected chi connectivity index (χ0v) is 17.2. The van der Waals surface area contributed by atoms with Crippen LogP contribution in [-0.4, -0.2) is 48.3 Å². The molecule has 0 aliphatic carbocycles. The van der Waals surface area contributed by atoms with E-state index in [2.05, 4.69) is 10.3 Å². The number of aliphatic imine (C=N–C) groups is 1. The number of aldehydes is 1. The first-order valence-corrected chi connectivity index (χ1v) is 9.35. The molecule has 0 saturated heterocycles. The number of carbonyl (C=O) groups excluding carboxylic acids is 2. The summed E-state index contributed by atoms with van der Waals surface area (Å²) in [7, 11) is 0. The average molecular weight is 422 g/mol. The molecule has 156 valence electrons. The second-order valence-corrected chi connectivity index (χ2v) is 6.97. The third kappa shape index (κ3) is 5.58. The Morgan fingerprint density at radius 2 is 2.17 bits per heavy atom. The Morgan fingerprint density at radius 3 is 2.76 bits per heavy atom. The second-order valence-electron chi connectivity index (χ2n) is 6.56. The smallest absolute Gasteiger partial charge is 0.256 e. The fourth-order valence-corrected chi connectivity index (χ4v) is 2.77. The van der Waals surface area contributed by atoms with Gasteiger partial charge in [-0.1, -0.05) is 11.6 Å². The Balaban J connectivity index is 2.31. The molecule has 1 atom stereocenters. The summed E-state index contributed by atoms with van der Waals surface area (Å²) in [5.74, 6) is 0.327. The highest BCUT2D eigenvalue weighted by Crippen LogP contribution is 2.29.